The number of carbonyl (C=O) groups excluding carboxylic acids is 1. The Morgan fingerprint density at radius 1 is 1.19 bits per heavy atom. The van der Waals surface area contributed by atoms with Crippen LogP contribution in [0.25, 0.3) is 0 Å². The molecule has 2 aromatic rings. The van der Waals surface area contributed by atoms with Crippen LogP contribution in [0.15, 0.2) is 48.5 Å². The van der Waals surface area contributed by atoms with Crippen molar-refractivity contribution >= 4 is 6.09 Å². The van der Waals surface area contributed by atoms with E-state index in [0.29, 0.717) is 6.61 Å². The Morgan fingerprint density at radius 3 is 2.63 bits per heavy atom. The Balaban J connectivity index is 1.77. The summed E-state index contributed by atoms with van der Waals surface area (Å²) in [4.78, 5) is 11.7. The zero-order valence-electron chi connectivity index (χ0n) is 15.1. The molecular formula is C20H24FNO5. The molecule has 7 heteroatoms. The van der Waals surface area contributed by atoms with Crippen molar-refractivity contribution in [1.82, 2.24) is 5.32 Å². The molecule has 0 aliphatic heterocycles. The lowest BCUT2D eigenvalue weighted by molar-refractivity contribution is 0.0133. The maximum Gasteiger partial charge on any atom is 0.407 e. The minimum Gasteiger partial charge on any atom is -0.494 e. The second-order valence-corrected chi connectivity index (χ2v) is 5.94. The molecule has 146 valence electrons. The quantitative estimate of drug-likeness (QED) is 0.625. The summed E-state index contributed by atoms with van der Waals surface area (Å²) in [6.07, 6.45) is -3.04. The molecule has 0 aliphatic carbocycles. The monoisotopic (exact) mass is 377 g/mol. The first kappa shape index (κ1) is 20.7. The van der Waals surface area contributed by atoms with Gasteiger partial charge in [0.2, 0.25) is 0 Å². The van der Waals surface area contributed by atoms with Crippen LogP contribution in [0, 0.1) is 5.82 Å². The largest absolute Gasteiger partial charge is 0.494 e. The first-order chi connectivity index (χ1) is 13.0. The van der Waals surface area contributed by atoms with E-state index in [9.17, 15) is 19.4 Å². The third-order valence-electron chi connectivity index (χ3n) is 3.83. The van der Waals surface area contributed by atoms with Crippen molar-refractivity contribution in [2.24, 2.45) is 0 Å². The van der Waals surface area contributed by atoms with Gasteiger partial charge < -0.3 is 25.0 Å². The normalized spacial score (nSPS) is 12.9. The van der Waals surface area contributed by atoms with Crippen LogP contribution in [0.1, 0.15) is 30.6 Å². The summed E-state index contributed by atoms with van der Waals surface area (Å²) >= 11 is 0. The van der Waals surface area contributed by atoms with Crippen molar-refractivity contribution in [1.29, 1.82) is 0 Å². The molecule has 2 aromatic carbocycles. The summed E-state index contributed by atoms with van der Waals surface area (Å²) in [5, 5.41) is 22.8. The fraction of sp³-hybridized carbons (Fsp3) is 0.350. The maximum absolute atomic E-state index is 13.6. The molecule has 0 radical (unpaired) electrons. The van der Waals surface area contributed by atoms with E-state index in [1.54, 1.807) is 6.92 Å². The summed E-state index contributed by atoms with van der Waals surface area (Å²) < 4.78 is 23.9. The van der Waals surface area contributed by atoms with Crippen molar-refractivity contribution in [2.75, 3.05) is 13.2 Å². The number of hydrogen-bond donors (Lipinski definition) is 3. The first-order valence-electron chi connectivity index (χ1n) is 8.73. The molecule has 1 amide bonds. The van der Waals surface area contributed by atoms with Crippen molar-refractivity contribution in [3.05, 3.63) is 65.5 Å². The lowest BCUT2D eigenvalue weighted by atomic mass is 10.0. The van der Waals surface area contributed by atoms with Crippen LogP contribution in [-0.2, 0) is 11.3 Å². The highest BCUT2D eigenvalue weighted by Gasteiger charge is 2.20. The molecule has 0 heterocycles. The van der Waals surface area contributed by atoms with E-state index in [1.807, 2.05) is 30.3 Å². The fourth-order valence-electron chi connectivity index (χ4n) is 2.48. The van der Waals surface area contributed by atoms with Crippen molar-refractivity contribution in [3.63, 3.8) is 0 Å². The van der Waals surface area contributed by atoms with Gasteiger partial charge in [-0.05, 0) is 36.6 Å². The molecular weight excluding hydrogens is 353 g/mol. The maximum atomic E-state index is 13.6. The van der Waals surface area contributed by atoms with Gasteiger partial charge in [0.05, 0.1) is 12.7 Å². The molecule has 0 saturated carbocycles. The number of aliphatic hydroxyl groups excluding tert-OH is 2. The highest BCUT2D eigenvalue weighted by atomic mass is 19.1. The van der Waals surface area contributed by atoms with Crippen LogP contribution in [0.5, 0.6) is 5.75 Å². The Labute approximate surface area is 157 Å². The Bertz CT molecular complexity index is 726. The van der Waals surface area contributed by atoms with Gasteiger partial charge in [0.1, 0.15) is 24.3 Å². The number of amides is 1. The molecule has 6 nitrogen and oxygen atoms in total. The second kappa shape index (κ2) is 10.5. The van der Waals surface area contributed by atoms with Crippen LogP contribution < -0.4 is 10.1 Å². The van der Waals surface area contributed by atoms with E-state index >= 15 is 0 Å². The summed E-state index contributed by atoms with van der Waals surface area (Å²) in [5.74, 6) is -0.286. The Kier molecular flexibility index (Phi) is 8.03. The number of nitrogens with one attached hydrogen (secondary N) is 1. The number of ether oxygens (including phenoxy) is 2. The molecule has 0 fully saturated rings. The zero-order chi connectivity index (χ0) is 19.6. The summed E-state index contributed by atoms with van der Waals surface area (Å²) in [6, 6.07) is 13.0. The highest BCUT2D eigenvalue weighted by Crippen LogP contribution is 2.24. The van der Waals surface area contributed by atoms with Gasteiger partial charge >= 0.3 is 6.09 Å². The molecule has 3 N–H and O–H groups in total. The third kappa shape index (κ3) is 6.88. The van der Waals surface area contributed by atoms with Gasteiger partial charge in [-0.25, -0.2) is 9.18 Å². The Morgan fingerprint density at radius 2 is 1.93 bits per heavy atom. The molecule has 2 atom stereocenters. The predicted octanol–water partition coefficient (Wildman–Crippen LogP) is 2.94. The van der Waals surface area contributed by atoms with E-state index in [4.69, 9.17) is 9.47 Å². The number of benzene rings is 2. The summed E-state index contributed by atoms with van der Waals surface area (Å²) in [7, 11) is 0. The third-order valence-corrected chi connectivity index (χ3v) is 3.83. The summed E-state index contributed by atoms with van der Waals surface area (Å²) in [5.41, 5.74) is 1.07. The van der Waals surface area contributed by atoms with Crippen molar-refractivity contribution < 1.29 is 28.9 Å². The number of rotatable bonds is 9. The highest BCUT2D eigenvalue weighted by molar-refractivity contribution is 5.67. The van der Waals surface area contributed by atoms with E-state index in [0.717, 1.165) is 11.6 Å². The average molecular weight is 377 g/mol. The topological polar surface area (TPSA) is 88.0 Å². The second-order valence-electron chi connectivity index (χ2n) is 5.94. The number of halogens is 1. The molecule has 0 saturated heterocycles. The van der Waals surface area contributed by atoms with Crippen LogP contribution in [0.4, 0.5) is 9.18 Å². The van der Waals surface area contributed by atoms with Gasteiger partial charge in [0.25, 0.3) is 0 Å². The fourth-order valence-corrected chi connectivity index (χ4v) is 2.48. The number of aliphatic hydroxyl groups is 2. The lowest BCUT2D eigenvalue weighted by Crippen LogP contribution is -2.29. The number of alkyl carbamates (subject to hydrolysis) is 1. The molecule has 2 unspecified atom stereocenters. The van der Waals surface area contributed by atoms with Gasteiger partial charge in [0, 0.05) is 12.6 Å². The summed E-state index contributed by atoms with van der Waals surface area (Å²) in [6.45, 7) is 2.36. The van der Waals surface area contributed by atoms with E-state index < -0.39 is 24.1 Å². The SMILES string of the molecule is CCOc1cc(F)cc(C(O)C(O)CCNC(=O)OCc2ccccc2)c1. The van der Waals surface area contributed by atoms with E-state index in [-0.39, 0.29) is 30.9 Å². The van der Waals surface area contributed by atoms with Crippen LogP contribution in [0.3, 0.4) is 0 Å². The van der Waals surface area contributed by atoms with Gasteiger partial charge in [-0.15, -0.1) is 0 Å². The number of carbonyl (C=O) groups is 1. The zero-order valence-corrected chi connectivity index (χ0v) is 15.1. The predicted molar refractivity (Wildman–Crippen MR) is 97.8 cm³/mol. The van der Waals surface area contributed by atoms with Crippen molar-refractivity contribution in [2.45, 2.75) is 32.2 Å². The number of hydrogen-bond acceptors (Lipinski definition) is 5. The van der Waals surface area contributed by atoms with Crippen LogP contribution in [-0.4, -0.2) is 35.6 Å². The molecule has 27 heavy (non-hydrogen) atoms. The van der Waals surface area contributed by atoms with Crippen LogP contribution >= 0.6 is 0 Å². The smallest absolute Gasteiger partial charge is 0.407 e. The molecule has 0 bridgehead atoms. The van der Waals surface area contributed by atoms with Crippen LogP contribution in [0.2, 0.25) is 0 Å². The van der Waals surface area contributed by atoms with E-state index in [1.165, 1.54) is 12.1 Å². The van der Waals surface area contributed by atoms with Gasteiger partial charge in [-0.1, -0.05) is 30.3 Å². The Hall–Kier alpha value is -2.64. The molecule has 2 rings (SSSR count). The van der Waals surface area contributed by atoms with Crippen molar-refractivity contribution in [3.8, 4) is 5.75 Å². The van der Waals surface area contributed by atoms with Gasteiger partial charge in [0.15, 0.2) is 0 Å². The van der Waals surface area contributed by atoms with Gasteiger partial charge in [-0.3, -0.25) is 0 Å². The first-order valence-corrected chi connectivity index (χ1v) is 8.73. The van der Waals surface area contributed by atoms with E-state index in [2.05, 4.69) is 5.32 Å². The molecule has 0 spiro atoms. The lowest BCUT2D eigenvalue weighted by Gasteiger charge is -2.19. The molecule has 0 aliphatic rings. The minimum atomic E-state index is -1.30. The standard InChI is InChI=1S/C20H24FNO5/c1-2-26-17-11-15(10-16(21)12-17)19(24)18(23)8-9-22-20(25)27-13-14-6-4-3-5-7-14/h3-7,10-12,18-19,23-24H,2,8-9,13H2,1H3,(H,22,25). The minimum absolute atomic E-state index is 0.0715. The van der Waals surface area contributed by atoms with Gasteiger partial charge in [-0.2, -0.15) is 0 Å². The molecule has 0 aromatic heterocycles. The average Bonchev–Trinajstić information content (AvgIpc) is 2.66.